The molecule has 0 fully saturated rings. The first kappa shape index (κ1) is 19.8. The third-order valence-electron chi connectivity index (χ3n) is 4.19. The van der Waals surface area contributed by atoms with Gasteiger partial charge in [0.1, 0.15) is 12.3 Å². The normalized spacial score (nSPS) is 13.3. The first-order valence-corrected chi connectivity index (χ1v) is 8.95. The number of amides is 2. The molecule has 0 saturated carbocycles. The van der Waals surface area contributed by atoms with Crippen LogP contribution in [0.25, 0.3) is 0 Å². The van der Waals surface area contributed by atoms with Gasteiger partial charge >= 0.3 is 5.97 Å². The molecule has 0 saturated heterocycles. The van der Waals surface area contributed by atoms with E-state index in [1.807, 2.05) is 12.1 Å². The number of rotatable bonds is 6. The summed E-state index contributed by atoms with van der Waals surface area (Å²) in [6, 6.07) is 19.3. The number of carbonyl (C=O) groups is 3. The van der Waals surface area contributed by atoms with E-state index in [1.165, 1.54) is 4.90 Å². The summed E-state index contributed by atoms with van der Waals surface area (Å²) in [7, 11) is 0. The van der Waals surface area contributed by atoms with Crippen LogP contribution in [0.1, 0.15) is 12.8 Å². The molecule has 0 aromatic heterocycles. The molecule has 0 N–H and O–H groups in total. The van der Waals surface area contributed by atoms with E-state index < -0.39 is 18.5 Å². The fraction of sp³-hybridized carbons (Fsp3) is 0.190. The van der Waals surface area contributed by atoms with Crippen molar-refractivity contribution in [2.75, 3.05) is 23.1 Å². The molecule has 146 valence electrons. The molecule has 8 heteroatoms. The summed E-state index contributed by atoms with van der Waals surface area (Å²) in [6.07, 6.45) is 0.247. The van der Waals surface area contributed by atoms with Gasteiger partial charge in [-0.1, -0.05) is 36.4 Å². The smallest absolute Gasteiger partial charge is 0.355 e. The number of esters is 1. The lowest BCUT2D eigenvalue weighted by Gasteiger charge is -2.23. The van der Waals surface area contributed by atoms with Gasteiger partial charge in [-0.15, -0.1) is 0 Å². The molecule has 2 aromatic carbocycles. The van der Waals surface area contributed by atoms with E-state index in [1.54, 1.807) is 54.6 Å². The number of hydrogen-bond donors (Lipinski definition) is 0. The summed E-state index contributed by atoms with van der Waals surface area (Å²) < 4.78 is 5.10. The number of benzene rings is 2. The maximum absolute atomic E-state index is 12.5. The molecule has 29 heavy (non-hydrogen) atoms. The zero-order valence-corrected chi connectivity index (χ0v) is 15.5. The number of ether oxygens (including phenoxy) is 1. The quantitative estimate of drug-likeness (QED) is 0.556. The molecule has 0 bridgehead atoms. The lowest BCUT2D eigenvalue weighted by atomic mass is 10.1. The summed E-state index contributed by atoms with van der Waals surface area (Å²) in [5, 5.41) is 14.2. The van der Waals surface area contributed by atoms with Crippen LogP contribution in [0.4, 0.5) is 11.4 Å². The summed E-state index contributed by atoms with van der Waals surface area (Å²) >= 11 is 0. The number of para-hydroxylation sites is 2. The Kier molecular flexibility index (Phi) is 6.32. The minimum Gasteiger partial charge on any atom is -0.451 e. The summed E-state index contributed by atoms with van der Waals surface area (Å²) in [5.74, 6) is -1.52. The molecule has 0 radical (unpaired) electrons. The van der Waals surface area contributed by atoms with E-state index in [4.69, 9.17) is 10.00 Å². The second-order valence-corrected chi connectivity index (χ2v) is 6.14. The zero-order chi connectivity index (χ0) is 20.6. The molecule has 0 unspecified atom stereocenters. The van der Waals surface area contributed by atoms with E-state index in [2.05, 4.69) is 5.10 Å². The van der Waals surface area contributed by atoms with E-state index in [0.717, 1.165) is 5.01 Å². The summed E-state index contributed by atoms with van der Waals surface area (Å²) in [6.45, 7) is -0.703. The Labute approximate surface area is 167 Å². The van der Waals surface area contributed by atoms with Crippen molar-refractivity contribution in [3.05, 3.63) is 60.7 Å². The Hall–Kier alpha value is -3.99. The van der Waals surface area contributed by atoms with Gasteiger partial charge < -0.3 is 4.74 Å². The van der Waals surface area contributed by atoms with E-state index in [-0.39, 0.29) is 31.0 Å². The van der Waals surface area contributed by atoms with E-state index >= 15 is 0 Å². The van der Waals surface area contributed by atoms with Crippen LogP contribution in [-0.2, 0) is 19.1 Å². The van der Waals surface area contributed by atoms with Gasteiger partial charge in [0, 0.05) is 18.5 Å². The highest BCUT2D eigenvalue weighted by molar-refractivity contribution is 6.38. The van der Waals surface area contributed by atoms with Crippen molar-refractivity contribution >= 4 is 34.9 Å². The van der Waals surface area contributed by atoms with Crippen LogP contribution < -0.4 is 9.91 Å². The maximum atomic E-state index is 12.5. The Morgan fingerprint density at radius 3 is 2.38 bits per heavy atom. The Balaban J connectivity index is 1.67. The Morgan fingerprint density at radius 1 is 1.07 bits per heavy atom. The van der Waals surface area contributed by atoms with Crippen molar-refractivity contribution in [1.82, 2.24) is 0 Å². The zero-order valence-electron chi connectivity index (χ0n) is 15.5. The monoisotopic (exact) mass is 390 g/mol. The summed E-state index contributed by atoms with van der Waals surface area (Å²) in [4.78, 5) is 38.2. The maximum Gasteiger partial charge on any atom is 0.355 e. The van der Waals surface area contributed by atoms with Gasteiger partial charge in [-0.05, 0) is 24.3 Å². The standard InChI is InChI=1S/C21H18N4O4/c22-13-14-24(16-7-3-1-4-8-16)20(27)15-29-21(28)18-11-12-19(26)25(23-18)17-9-5-2-6-10-17/h1-10H,11-12,14-15H2. The van der Waals surface area contributed by atoms with Gasteiger partial charge in [0.05, 0.1) is 11.8 Å². The highest BCUT2D eigenvalue weighted by atomic mass is 16.5. The van der Waals surface area contributed by atoms with Gasteiger partial charge in [-0.3, -0.25) is 14.5 Å². The van der Waals surface area contributed by atoms with Crippen LogP contribution >= 0.6 is 0 Å². The number of carbonyl (C=O) groups excluding carboxylic acids is 3. The largest absolute Gasteiger partial charge is 0.451 e. The molecule has 0 aliphatic carbocycles. The predicted octanol–water partition coefficient (Wildman–Crippen LogP) is 2.27. The van der Waals surface area contributed by atoms with Gasteiger partial charge in [-0.2, -0.15) is 10.4 Å². The Bertz CT molecular complexity index is 967. The van der Waals surface area contributed by atoms with Gasteiger partial charge in [0.2, 0.25) is 5.91 Å². The molecule has 0 spiro atoms. The topological polar surface area (TPSA) is 103 Å². The molecule has 1 aliphatic rings. The predicted molar refractivity (Wildman–Crippen MR) is 106 cm³/mol. The van der Waals surface area contributed by atoms with Crippen LogP contribution in [0, 0.1) is 11.3 Å². The lowest BCUT2D eigenvalue weighted by molar-refractivity contribution is -0.141. The minimum absolute atomic E-state index is 0.0628. The van der Waals surface area contributed by atoms with Crippen molar-refractivity contribution in [2.24, 2.45) is 5.10 Å². The fourth-order valence-corrected chi connectivity index (χ4v) is 2.76. The second-order valence-electron chi connectivity index (χ2n) is 6.14. The number of nitrogens with zero attached hydrogens (tertiary/aromatic N) is 4. The van der Waals surface area contributed by atoms with Crippen LogP contribution in [0.3, 0.4) is 0 Å². The molecule has 2 aromatic rings. The molecule has 1 heterocycles. The van der Waals surface area contributed by atoms with Crippen LogP contribution in [0.5, 0.6) is 0 Å². The van der Waals surface area contributed by atoms with Crippen LogP contribution in [-0.4, -0.2) is 36.6 Å². The third-order valence-corrected chi connectivity index (χ3v) is 4.19. The molecule has 2 amide bonds. The SMILES string of the molecule is N#CCN(C(=O)COC(=O)C1=NN(c2ccccc2)C(=O)CC1)c1ccccc1. The molecular weight excluding hydrogens is 372 g/mol. The highest BCUT2D eigenvalue weighted by Gasteiger charge is 2.27. The number of hydrazone groups is 1. The van der Waals surface area contributed by atoms with Crippen molar-refractivity contribution < 1.29 is 19.1 Å². The first-order chi connectivity index (χ1) is 14.1. The molecular formula is C21H18N4O4. The molecule has 0 atom stereocenters. The highest BCUT2D eigenvalue weighted by Crippen LogP contribution is 2.20. The number of anilines is 2. The Morgan fingerprint density at radius 2 is 1.72 bits per heavy atom. The molecule has 3 rings (SSSR count). The van der Waals surface area contributed by atoms with E-state index in [9.17, 15) is 14.4 Å². The number of nitriles is 1. The average Bonchev–Trinajstić information content (AvgIpc) is 2.77. The van der Waals surface area contributed by atoms with Gasteiger partial charge in [0.15, 0.2) is 6.61 Å². The minimum atomic E-state index is -0.767. The molecule has 1 aliphatic heterocycles. The third kappa shape index (κ3) is 4.84. The lowest BCUT2D eigenvalue weighted by Crippen LogP contribution is -2.38. The van der Waals surface area contributed by atoms with E-state index in [0.29, 0.717) is 11.4 Å². The second kappa shape index (κ2) is 9.28. The first-order valence-electron chi connectivity index (χ1n) is 8.95. The van der Waals surface area contributed by atoms with Crippen molar-refractivity contribution in [2.45, 2.75) is 12.8 Å². The van der Waals surface area contributed by atoms with Crippen molar-refractivity contribution in [3.8, 4) is 6.07 Å². The van der Waals surface area contributed by atoms with Crippen molar-refractivity contribution in [1.29, 1.82) is 5.26 Å². The average molecular weight is 390 g/mol. The van der Waals surface area contributed by atoms with Crippen molar-refractivity contribution in [3.63, 3.8) is 0 Å². The number of hydrogen-bond acceptors (Lipinski definition) is 6. The van der Waals surface area contributed by atoms with Crippen LogP contribution in [0.2, 0.25) is 0 Å². The van der Waals surface area contributed by atoms with Gasteiger partial charge in [0.25, 0.3) is 5.91 Å². The molecule has 8 nitrogen and oxygen atoms in total. The summed E-state index contributed by atoms with van der Waals surface area (Å²) in [5.41, 5.74) is 1.14. The van der Waals surface area contributed by atoms with Crippen LogP contribution in [0.15, 0.2) is 65.8 Å². The fourth-order valence-electron chi connectivity index (χ4n) is 2.76. The van der Waals surface area contributed by atoms with Gasteiger partial charge in [-0.25, -0.2) is 9.80 Å².